The maximum absolute atomic E-state index is 11.1. The molecule has 2 aromatic rings. The lowest BCUT2D eigenvalue weighted by atomic mass is 10.0. The van der Waals surface area contributed by atoms with E-state index in [0.29, 0.717) is 10.9 Å². The average Bonchev–Trinajstić information content (AvgIpc) is 2.27. The van der Waals surface area contributed by atoms with Crippen LogP contribution in [0.1, 0.15) is 11.6 Å². The van der Waals surface area contributed by atoms with Gasteiger partial charge in [-0.1, -0.05) is 18.2 Å². The highest BCUT2D eigenvalue weighted by molar-refractivity contribution is 5.86. The van der Waals surface area contributed by atoms with Gasteiger partial charge in [0.1, 0.15) is 11.6 Å². The van der Waals surface area contributed by atoms with E-state index in [-0.39, 0.29) is 5.58 Å². The minimum atomic E-state index is -1.20. The van der Waals surface area contributed by atoms with Crippen molar-refractivity contribution in [3.05, 3.63) is 46.3 Å². The maximum atomic E-state index is 11.1. The van der Waals surface area contributed by atoms with Crippen LogP contribution in [0.5, 0.6) is 0 Å². The molecule has 0 bridgehead atoms. The lowest BCUT2D eigenvalue weighted by Gasteiger charge is -2.08. The Hall–Kier alpha value is -2.14. The van der Waals surface area contributed by atoms with Crippen molar-refractivity contribution in [3.63, 3.8) is 0 Å². The quantitative estimate of drug-likeness (QED) is 0.731. The van der Waals surface area contributed by atoms with E-state index in [0.717, 1.165) is 0 Å². The number of benzene rings is 1. The number of hydrogen-bond acceptors (Lipinski definition) is 4. The van der Waals surface area contributed by atoms with E-state index in [9.17, 15) is 9.59 Å². The maximum Gasteiger partial charge on any atom is 0.336 e. The van der Waals surface area contributed by atoms with Crippen molar-refractivity contribution in [2.24, 2.45) is 5.73 Å². The normalized spacial score (nSPS) is 12.6. The standard InChI is InChI=1S/C11H9NO4/c12-9(11(14)15)7-3-1-2-6-4-5-8(13)16-10(6)7/h1-5,9H,12H2,(H,14,15). The van der Waals surface area contributed by atoms with E-state index in [1.165, 1.54) is 12.1 Å². The minimum absolute atomic E-state index is 0.227. The van der Waals surface area contributed by atoms with Crippen LogP contribution in [0.4, 0.5) is 0 Å². The number of aliphatic carboxylic acids is 1. The van der Waals surface area contributed by atoms with Gasteiger partial charge in [-0.25, -0.2) is 4.79 Å². The highest BCUT2D eigenvalue weighted by Gasteiger charge is 2.18. The molecule has 0 saturated heterocycles. The molecule has 2 rings (SSSR count). The summed E-state index contributed by atoms with van der Waals surface area (Å²) in [4.78, 5) is 21.9. The predicted molar refractivity (Wildman–Crippen MR) is 57.0 cm³/mol. The fourth-order valence-electron chi connectivity index (χ4n) is 1.49. The van der Waals surface area contributed by atoms with Gasteiger partial charge >= 0.3 is 11.6 Å². The third-order valence-corrected chi connectivity index (χ3v) is 2.28. The fraction of sp³-hybridized carbons (Fsp3) is 0.0909. The van der Waals surface area contributed by atoms with Crippen LogP contribution in [0.3, 0.4) is 0 Å². The molecule has 1 atom stereocenters. The van der Waals surface area contributed by atoms with Gasteiger partial charge in [0.25, 0.3) is 0 Å². The van der Waals surface area contributed by atoms with E-state index < -0.39 is 17.6 Å². The van der Waals surface area contributed by atoms with Gasteiger partial charge in [-0.3, -0.25) is 4.79 Å². The molecule has 0 fully saturated rings. The topological polar surface area (TPSA) is 93.5 Å². The van der Waals surface area contributed by atoms with Gasteiger partial charge in [0.2, 0.25) is 0 Å². The summed E-state index contributed by atoms with van der Waals surface area (Å²) in [5.74, 6) is -1.17. The van der Waals surface area contributed by atoms with Crippen molar-refractivity contribution >= 4 is 16.9 Å². The number of hydrogen-bond donors (Lipinski definition) is 2. The molecule has 0 radical (unpaired) electrons. The third kappa shape index (κ3) is 1.68. The first-order chi connectivity index (χ1) is 7.59. The van der Waals surface area contributed by atoms with Gasteiger partial charge < -0.3 is 15.3 Å². The summed E-state index contributed by atoms with van der Waals surface area (Å²) in [5.41, 5.74) is 5.48. The second kappa shape index (κ2) is 3.79. The van der Waals surface area contributed by atoms with Crippen molar-refractivity contribution in [2.75, 3.05) is 0 Å². The molecule has 1 unspecified atom stereocenters. The van der Waals surface area contributed by atoms with Gasteiger partial charge in [0.05, 0.1) is 0 Å². The summed E-state index contributed by atoms with van der Waals surface area (Å²) in [6.07, 6.45) is 0. The molecule has 5 heteroatoms. The van der Waals surface area contributed by atoms with Gasteiger partial charge in [-0.05, 0) is 6.07 Å². The Morgan fingerprint density at radius 3 is 2.75 bits per heavy atom. The number of rotatable bonds is 2. The summed E-state index contributed by atoms with van der Waals surface area (Å²) in [7, 11) is 0. The second-order valence-electron chi connectivity index (χ2n) is 3.34. The number of para-hydroxylation sites is 1. The Morgan fingerprint density at radius 2 is 2.06 bits per heavy atom. The predicted octanol–water partition coefficient (Wildman–Crippen LogP) is 0.877. The molecular formula is C11H9NO4. The lowest BCUT2D eigenvalue weighted by Crippen LogP contribution is -2.21. The Labute approximate surface area is 90.1 Å². The number of nitrogens with two attached hydrogens (primary N) is 1. The summed E-state index contributed by atoms with van der Waals surface area (Å²) in [6, 6.07) is 6.56. The van der Waals surface area contributed by atoms with Gasteiger partial charge in [-0.15, -0.1) is 0 Å². The second-order valence-corrected chi connectivity index (χ2v) is 3.34. The zero-order chi connectivity index (χ0) is 11.7. The van der Waals surface area contributed by atoms with Gasteiger partial charge in [0, 0.05) is 17.0 Å². The molecule has 16 heavy (non-hydrogen) atoms. The van der Waals surface area contributed by atoms with Crippen molar-refractivity contribution in [1.29, 1.82) is 0 Å². The fourth-order valence-corrected chi connectivity index (χ4v) is 1.49. The zero-order valence-corrected chi connectivity index (χ0v) is 8.21. The van der Waals surface area contributed by atoms with Crippen LogP contribution in [-0.2, 0) is 4.79 Å². The Kier molecular flexibility index (Phi) is 2.46. The first kappa shape index (κ1) is 10.4. The van der Waals surface area contributed by atoms with E-state index in [4.69, 9.17) is 15.3 Å². The molecule has 0 saturated carbocycles. The van der Waals surface area contributed by atoms with Crippen LogP contribution in [0.15, 0.2) is 39.5 Å². The minimum Gasteiger partial charge on any atom is -0.480 e. The van der Waals surface area contributed by atoms with Gasteiger partial charge in [-0.2, -0.15) is 0 Å². The van der Waals surface area contributed by atoms with Crippen molar-refractivity contribution in [1.82, 2.24) is 0 Å². The van der Waals surface area contributed by atoms with Crippen LogP contribution in [0.25, 0.3) is 11.0 Å². The number of carboxylic acids is 1. The molecule has 1 aromatic carbocycles. The number of fused-ring (bicyclic) bond motifs is 1. The van der Waals surface area contributed by atoms with Crippen LogP contribution in [0.2, 0.25) is 0 Å². The van der Waals surface area contributed by atoms with Gasteiger partial charge in [0.15, 0.2) is 0 Å². The average molecular weight is 219 g/mol. The van der Waals surface area contributed by atoms with E-state index in [2.05, 4.69) is 0 Å². The van der Waals surface area contributed by atoms with E-state index in [1.54, 1.807) is 18.2 Å². The third-order valence-electron chi connectivity index (χ3n) is 2.28. The Morgan fingerprint density at radius 1 is 1.31 bits per heavy atom. The monoisotopic (exact) mass is 219 g/mol. The summed E-state index contributed by atoms with van der Waals surface area (Å²) < 4.78 is 4.97. The van der Waals surface area contributed by atoms with Crippen LogP contribution >= 0.6 is 0 Å². The molecule has 82 valence electrons. The Bertz CT molecular complexity index is 602. The highest BCUT2D eigenvalue weighted by Crippen LogP contribution is 2.21. The van der Waals surface area contributed by atoms with Crippen LogP contribution in [-0.4, -0.2) is 11.1 Å². The molecule has 1 aromatic heterocycles. The summed E-state index contributed by atoms with van der Waals surface area (Å²) in [5, 5.41) is 9.47. The number of carbonyl (C=O) groups is 1. The first-order valence-electron chi connectivity index (χ1n) is 4.61. The molecular weight excluding hydrogens is 210 g/mol. The molecule has 3 N–H and O–H groups in total. The Balaban J connectivity index is 2.74. The van der Waals surface area contributed by atoms with Crippen LogP contribution < -0.4 is 11.4 Å². The molecule has 0 spiro atoms. The van der Waals surface area contributed by atoms with Crippen molar-refractivity contribution in [2.45, 2.75) is 6.04 Å². The van der Waals surface area contributed by atoms with E-state index >= 15 is 0 Å². The molecule has 0 aliphatic heterocycles. The SMILES string of the molecule is NC(C(=O)O)c1cccc2ccc(=O)oc12. The van der Waals surface area contributed by atoms with E-state index in [1.807, 2.05) is 0 Å². The molecule has 0 amide bonds. The van der Waals surface area contributed by atoms with Crippen LogP contribution in [0, 0.1) is 0 Å². The molecule has 0 aliphatic rings. The zero-order valence-electron chi connectivity index (χ0n) is 8.21. The first-order valence-corrected chi connectivity index (χ1v) is 4.61. The molecule has 0 aliphatic carbocycles. The highest BCUT2D eigenvalue weighted by atomic mass is 16.4. The molecule has 5 nitrogen and oxygen atoms in total. The van der Waals surface area contributed by atoms with Crippen molar-refractivity contribution < 1.29 is 14.3 Å². The molecule has 1 heterocycles. The smallest absolute Gasteiger partial charge is 0.336 e. The lowest BCUT2D eigenvalue weighted by molar-refractivity contribution is -0.138. The number of carboxylic acid groups (broad SMARTS) is 1. The van der Waals surface area contributed by atoms with Crippen molar-refractivity contribution in [3.8, 4) is 0 Å². The summed E-state index contributed by atoms with van der Waals surface area (Å²) >= 11 is 0. The largest absolute Gasteiger partial charge is 0.480 e. The summed E-state index contributed by atoms with van der Waals surface area (Å²) in [6.45, 7) is 0.